The van der Waals surface area contributed by atoms with Gasteiger partial charge in [-0.3, -0.25) is 10.1 Å². The Morgan fingerprint density at radius 3 is 2.68 bits per heavy atom. The van der Waals surface area contributed by atoms with E-state index in [4.69, 9.17) is 0 Å². The topological polar surface area (TPSA) is 32.3 Å². The van der Waals surface area contributed by atoms with Crippen molar-refractivity contribution in [2.24, 2.45) is 5.41 Å². The van der Waals surface area contributed by atoms with Crippen molar-refractivity contribution in [3.63, 3.8) is 0 Å². The summed E-state index contributed by atoms with van der Waals surface area (Å²) in [5, 5.41) is 3.64. The number of carbonyl (C=O) groups excluding carboxylic acids is 1. The maximum absolute atomic E-state index is 12.5. The summed E-state index contributed by atoms with van der Waals surface area (Å²) >= 11 is 0. The first-order valence-electron chi connectivity index (χ1n) is 7.15. The first kappa shape index (κ1) is 12.7. The van der Waals surface area contributed by atoms with Crippen LogP contribution in [0.5, 0.6) is 0 Å². The molecule has 2 heterocycles. The zero-order valence-corrected chi connectivity index (χ0v) is 11.8. The molecule has 0 spiro atoms. The van der Waals surface area contributed by atoms with Gasteiger partial charge < -0.3 is 4.90 Å². The largest absolute Gasteiger partial charge is 0.320 e. The van der Waals surface area contributed by atoms with Gasteiger partial charge in [0.1, 0.15) is 5.66 Å². The van der Waals surface area contributed by atoms with Gasteiger partial charge in [0.25, 0.3) is 0 Å². The molecule has 3 rings (SSSR count). The number of hydrogen-bond acceptors (Lipinski definition) is 2. The fourth-order valence-electron chi connectivity index (χ4n) is 3.65. The van der Waals surface area contributed by atoms with Crippen LogP contribution in [0.1, 0.15) is 38.7 Å². The summed E-state index contributed by atoms with van der Waals surface area (Å²) in [6.07, 6.45) is 2.68. The van der Waals surface area contributed by atoms with Crippen LogP contribution in [0.4, 0.5) is 0 Å². The normalized spacial score (nSPS) is 30.0. The quantitative estimate of drug-likeness (QED) is 0.839. The molecular formula is C16H22N2O. The van der Waals surface area contributed by atoms with Crippen LogP contribution >= 0.6 is 0 Å². The second-order valence-electron chi connectivity index (χ2n) is 6.57. The van der Waals surface area contributed by atoms with Crippen LogP contribution in [-0.2, 0) is 10.5 Å². The van der Waals surface area contributed by atoms with Crippen molar-refractivity contribution in [3.8, 4) is 0 Å². The molecule has 1 aromatic carbocycles. The number of carbonyl (C=O) groups is 1. The SMILES string of the molecule is CC1(C)CC(=O)N2CCCNC2(c2ccccc2)C1. The third kappa shape index (κ3) is 2.06. The van der Waals surface area contributed by atoms with Crippen molar-refractivity contribution in [3.05, 3.63) is 35.9 Å². The summed E-state index contributed by atoms with van der Waals surface area (Å²) in [5.41, 5.74) is 0.974. The van der Waals surface area contributed by atoms with E-state index in [2.05, 4.69) is 48.3 Å². The van der Waals surface area contributed by atoms with Crippen molar-refractivity contribution in [1.82, 2.24) is 10.2 Å². The first-order valence-corrected chi connectivity index (χ1v) is 7.15. The highest BCUT2D eigenvalue weighted by Crippen LogP contribution is 2.45. The summed E-state index contributed by atoms with van der Waals surface area (Å²) in [7, 11) is 0. The number of piperidine rings is 1. The summed E-state index contributed by atoms with van der Waals surface area (Å²) in [6, 6.07) is 10.4. The minimum absolute atomic E-state index is 0.0494. The molecule has 0 bridgehead atoms. The van der Waals surface area contributed by atoms with E-state index in [0.717, 1.165) is 25.9 Å². The van der Waals surface area contributed by atoms with Gasteiger partial charge in [-0.25, -0.2) is 0 Å². The number of hydrogen-bond donors (Lipinski definition) is 1. The monoisotopic (exact) mass is 258 g/mol. The molecular weight excluding hydrogens is 236 g/mol. The van der Waals surface area contributed by atoms with Crippen molar-refractivity contribution < 1.29 is 4.79 Å². The summed E-state index contributed by atoms with van der Waals surface area (Å²) < 4.78 is 0. The lowest BCUT2D eigenvalue weighted by molar-refractivity contribution is -0.155. The van der Waals surface area contributed by atoms with Gasteiger partial charge >= 0.3 is 0 Å². The predicted octanol–water partition coefficient (Wildman–Crippen LogP) is 2.48. The van der Waals surface area contributed by atoms with E-state index >= 15 is 0 Å². The Balaban J connectivity index is 2.09. The lowest BCUT2D eigenvalue weighted by atomic mass is 9.72. The van der Waals surface area contributed by atoms with Gasteiger partial charge in [-0.05, 0) is 30.4 Å². The summed E-state index contributed by atoms with van der Waals surface area (Å²) in [4.78, 5) is 14.6. The summed E-state index contributed by atoms with van der Waals surface area (Å²) in [6.45, 7) is 6.25. The van der Waals surface area contributed by atoms with E-state index in [0.29, 0.717) is 6.42 Å². The Labute approximate surface area is 115 Å². The third-order valence-electron chi connectivity index (χ3n) is 4.35. The van der Waals surface area contributed by atoms with Crippen LogP contribution in [0.15, 0.2) is 30.3 Å². The van der Waals surface area contributed by atoms with Gasteiger partial charge in [0, 0.05) is 13.0 Å². The van der Waals surface area contributed by atoms with Crippen molar-refractivity contribution in [2.75, 3.05) is 13.1 Å². The molecule has 1 N–H and O–H groups in total. The van der Waals surface area contributed by atoms with E-state index in [1.54, 1.807) is 0 Å². The van der Waals surface area contributed by atoms with E-state index in [1.807, 2.05) is 6.07 Å². The summed E-state index contributed by atoms with van der Waals surface area (Å²) in [5.74, 6) is 0.285. The Hall–Kier alpha value is -1.35. The van der Waals surface area contributed by atoms with Crippen LogP contribution in [0.3, 0.4) is 0 Å². The smallest absolute Gasteiger partial charge is 0.224 e. The molecule has 1 aromatic rings. The molecule has 102 valence electrons. The number of fused-ring (bicyclic) bond motifs is 1. The van der Waals surface area contributed by atoms with E-state index in [1.165, 1.54) is 5.56 Å². The number of amides is 1. The van der Waals surface area contributed by atoms with Crippen LogP contribution in [0.2, 0.25) is 0 Å². The van der Waals surface area contributed by atoms with Gasteiger partial charge in [-0.2, -0.15) is 0 Å². The number of nitrogens with one attached hydrogen (secondary N) is 1. The molecule has 2 saturated heterocycles. The first-order chi connectivity index (χ1) is 9.04. The fraction of sp³-hybridized carbons (Fsp3) is 0.562. The Morgan fingerprint density at radius 1 is 1.21 bits per heavy atom. The second kappa shape index (κ2) is 4.34. The minimum atomic E-state index is -0.293. The molecule has 2 aliphatic heterocycles. The molecule has 3 heteroatoms. The third-order valence-corrected chi connectivity index (χ3v) is 4.35. The maximum atomic E-state index is 12.5. The van der Waals surface area contributed by atoms with Crippen LogP contribution in [0, 0.1) is 5.41 Å². The van der Waals surface area contributed by atoms with E-state index < -0.39 is 0 Å². The molecule has 0 radical (unpaired) electrons. The molecule has 2 fully saturated rings. The maximum Gasteiger partial charge on any atom is 0.224 e. The molecule has 2 aliphatic rings. The lowest BCUT2D eigenvalue weighted by Crippen LogP contribution is -2.66. The standard InChI is InChI=1S/C16H22N2O/c1-15(2)11-14(19)18-10-6-9-17-16(18,12-15)13-7-4-3-5-8-13/h3-5,7-8,17H,6,9-12H2,1-2H3. The fourth-order valence-corrected chi connectivity index (χ4v) is 3.65. The van der Waals surface area contributed by atoms with Gasteiger partial charge in [0.05, 0.1) is 0 Å². The number of benzene rings is 1. The van der Waals surface area contributed by atoms with E-state index in [-0.39, 0.29) is 17.0 Å². The van der Waals surface area contributed by atoms with Gasteiger partial charge in [0.15, 0.2) is 0 Å². The highest BCUT2D eigenvalue weighted by atomic mass is 16.2. The predicted molar refractivity (Wildman–Crippen MR) is 75.5 cm³/mol. The Morgan fingerprint density at radius 2 is 1.95 bits per heavy atom. The molecule has 1 amide bonds. The zero-order chi connectivity index (χ0) is 13.5. The molecule has 0 aliphatic carbocycles. The average molecular weight is 258 g/mol. The molecule has 19 heavy (non-hydrogen) atoms. The highest BCUT2D eigenvalue weighted by Gasteiger charge is 2.50. The van der Waals surface area contributed by atoms with Crippen LogP contribution < -0.4 is 5.32 Å². The average Bonchev–Trinajstić information content (AvgIpc) is 2.38. The van der Waals surface area contributed by atoms with Crippen molar-refractivity contribution >= 4 is 5.91 Å². The highest BCUT2D eigenvalue weighted by molar-refractivity contribution is 5.79. The molecule has 0 aromatic heterocycles. The van der Waals surface area contributed by atoms with Gasteiger partial charge in [0.2, 0.25) is 5.91 Å². The van der Waals surface area contributed by atoms with E-state index in [9.17, 15) is 4.79 Å². The van der Waals surface area contributed by atoms with Crippen LogP contribution in [-0.4, -0.2) is 23.9 Å². The molecule has 3 nitrogen and oxygen atoms in total. The minimum Gasteiger partial charge on any atom is -0.320 e. The Bertz CT molecular complexity index is 483. The zero-order valence-electron chi connectivity index (χ0n) is 11.8. The number of rotatable bonds is 1. The van der Waals surface area contributed by atoms with Crippen molar-refractivity contribution in [2.45, 2.75) is 38.8 Å². The van der Waals surface area contributed by atoms with Gasteiger partial charge in [-0.15, -0.1) is 0 Å². The van der Waals surface area contributed by atoms with Gasteiger partial charge in [-0.1, -0.05) is 44.2 Å². The Kier molecular flexibility index (Phi) is 2.90. The molecule has 1 atom stereocenters. The molecule has 0 saturated carbocycles. The lowest BCUT2D eigenvalue weighted by Gasteiger charge is -2.55. The second-order valence-corrected chi connectivity index (χ2v) is 6.57. The molecule has 1 unspecified atom stereocenters. The van der Waals surface area contributed by atoms with Crippen LogP contribution in [0.25, 0.3) is 0 Å². The van der Waals surface area contributed by atoms with Crippen molar-refractivity contribution in [1.29, 1.82) is 0 Å². The number of nitrogens with zero attached hydrogens (tertiary/aromatic N) is 1.